The topological polar surface area (TPSA) is 42.7 Å². The van der Waals surface area contributed by atoms with Crippen LogP contribution in [-0.4, -0.2) is 14.5 Å². The zero-order valence-corrected chi connectivity index (χ0v) is 8.72. The Morgan fingerprint density at radius 1 is 1.40 bits per heavy atom. The van der Waals surface area contributed by atoms with Gasteiger partial charge in [-0.25, -0.2) is 4.98 Å². The summed E-state index contributed by atoms with van der Waals surface area (Å²) in [7, 11) is 0. The highest BCUT2D eigenvalue weighted by Crippen LogP contribution is 2.13. The lowest BCUT2D eigenvalue weighted by molar-refractivity contribution is 0.686. The molecule has 0 aliphatic carbocycles. The maximum atomic E-state index is 4.25. The summed E-state index contributed by atoms with van der Waals surface area (Å²) >= 11 is 0. The molecule has 0 unspecified atom stereocenters. The molecule has 0 spiro atoms. The van der Waals surface area contributed by atoms with E-state index < -0.39 is 0 Å². The first-order valence-electron chi connectivity index (χ1n) is 5.08. The van der Waals surface area contributed by atoms with Crippen LogP contribution >= 0.6 is 0 Å². The van der Waals surface area contributed by atoms with Crippen molar-refractivity contribution in [3.8, 4) is 0 Å². The predicted molar refractivity (Wildman–Crippen MR) is 60.0 cm³/mol. The molecule has 4 nitrogen and oxygen atoms in total. The van der Waals surface area contributed by atoms with Gasteiger partial charge in [-0.05, 0) is 18.6 Å². The molecule has 0 aliphatic heterocycles. The SMILES string of the molecule is CCCn1ccnc1Nc1cccnc1. The van der Waals surface area contributed by atoms with Gasteiger partial charge in [0.2, 0.25) is 5.95 Å². The highest BCUT2D eigenvalue weighted by molar-refractivity contribution is 5.51. The lowest BCUT2D eigenvalue weighted by Gasteiger charge is -2.07. The molecule has 0 amide bonds. The van der Waals surface area contributed by atoms with Gasteiger partial charge < -0.3 is 9.88 Å². The molecular weight excluding hydrogens is 188 g/mol. The van der Waals surface area contributed by atoms with Gasteiger partial charge in [-0.2, -0.15) is 0 Å². The third-order valence-corrected chi connectivity index (χ3v) is 2.10. The van der Waals surface area contributed by atoms with E-state index in [1.807, 2.05) is 18.3 Å². The van der Waals surface area contributed by atoms with Crippen molar-refractivity contribution >= 4 is 11.6 Å². The molecule has 2 aromatic rings. The van der Waals surface area contributed by atoms with Crippen LogP contribution in [0.4, 0.5) is 11.6 Å². The van der Waals surface area contributed by atoms with Crippen LogP contribution in [0.15, 0.2) is 36.9 Å². The van der Waals surface area contributed by atoms with Crippen molar-refractivity contribution in [3.63, 3.8) is 0 Å². The van der Waals surface area contributed by atoms with Gasteiger partial charge in [0.15, 0.2) is 0 Å². The van der Waals surface area contributed by atoms with Gasteiger partial charge in [-0.1, -0.05) is 6.92 Å². The summed E-state index contributed by atoms with van der Waals surface area (Å²) in [5, 5.41) is 3.23. The number of rotatable bonds is 4. The molecule has 0 bridgehead atoms. The summed E-state index contributed by atoms with van der Waals surface area (Å²) in [6.07, 6.45) is 8.41. The van der Waals surface area contributed by atoms with E-state index in [4.69, 9.17) is 0 Å². The summed E-state index contributed by atoms with van der Waals surface area (Å²) in [6.45, 7) is 3.12. The molecule has 0 fully saturated rings. The van der Waals surface area contributed by atoms with E-state index in [-0.39, 0.29) is 0 Å². The fraction of sp³-hybridized carbons (Fsp3) is 0.273. The Balaban J connectivity index is 2.14. The molecule has 15 heavy (non-hydrogen) atoms. The number of pyridine rings is 1. The highest BCUT2D eigenvalue weighted by atomic mass is 15.2. The molecular formula is C11H14N4. The molecule has 0 saturated carbocycles. The van der Waals surface area contributed by atoms with Gasteiger partial charge >= 0.3 is 0 Å². The lowest BCUT2D eigenvalue weighted by Crippen LogP contribution is -2.02. The molecule has 78 valence electrons. The van der Waals surface area contributed by atoms with Gasteiger partial charge in [0.1, 0.15) is 0 Å². The Kier molecular flexibility index (Phi) is 2.97. The Morgan fingerprint density at radius 2 is 2.33 bits per heavy atom. The summed E-state index contributed by atoms with van der Waals surface area (Å²) in [5.41, 5.74) is 0.959. The molecule has 4 heteroatoms. The molecule has 0 radical (unpaired) electrons. The van der Waals surface area contributed by atoms with Crippen molar-refractivity contribution < 1.29 is 0 Å². The van der Waals surface area contributed by atoms with Crippen molar-refractivity contribution in [2.75, 3.05) is 5.32 Å². The second-order valence-electron chi connectivity index (χ2n) is 3.31. The third kappa shape index (κ3) is 2.34. The van der Waals surface area contributed by atoms with Crippen molar-refractivity contribution in [2.45, 2.75) is 19.9 Å². The number of anilines is 2. The number of hydrogen-bond donors (Lipinski definition) is 1. The minimum Gasteiger partial charge on any atom is -0.324 e. The largest absolute Gasteiger partial charge is 0.324 e. The van der Waals surface area contributed by atoms with Crippen LogP contribution in [0.5, 0.6) is 0 Å². The summed E-state index contributed by atoms with van der Waals surface area (Å²) in [5.74, 6) is 0.866. The summed E-state index contributed by atoms with van der Waals surface area (Å²) < 4.78 is 2.09. The number of aryl methyl sites for hydroxylation is 1. The first-order chi connectivity index (χ1) is 7.40. The zero-order chi connectivity index (χ0) is 10.5. The smallest absolute Gasteiger partial charge is 0.207 e. The second-order valence-corrected chi connectivity index (χ2v) is 3.31. The van der Waals surface area contributed by atoms with Crippen molar-refractivity contribution in [3.05, 3.63) is 36.9 Å². The quantitative estimate of drug-likeness (QED) is 0.828. The minimum atomic E-state index is 0.866. The van der Waals surface area contributed by atoms with Crippen molar-refractivity contribution in [1.82, 2.24) is 14.5 Å². The average Bonchev–Trinajstić information content (AvgIpc) is 2.68. The van der Waals surface area contributed by atoms with E-state index in [9.17, 15) is 0 Å². The minimum absolute atomic E-state index is 0.866. The molecule has 2 aromatic heterocycles. The van der Waals surface area contributed by atoms with Gasteiger partial charge in [0.05, 0.1) is 11.9 Å². The summed E-state index contributed by atoms with van der Waals surface area (Å²) in [6, 6.07) is 3.87. The predicted octanol–water partition coefficient (Wildman–Crippen LogP) is 2.43. The number of imidazole rings is 1. The van der Waals surface area contributed by atoms with Crippen LogP contribution in [-0.2, 0) is 6.54 Å². The van der Waals surface area contributed by atoms with Crippen molar-refractivity contribution in [1.29, 1.82) is 0 Å². The lowest BCUT2D eigenvalue weighted by atomic mass is 10.4. The number of hydrogen-bond acceptors (Lipinski definition) is 3. The van der Waals surface area contributed by atoms with Crippen LogP contribution in [0.3, 0.4) is 0 Å². The fourth-order valence-electron chi connectivity index (χ4n) is 1.42. The van der Waals surface area contributed by atoms with Crippen LogP contribution in [0.2, 0.25) is 0 Å². The van der Waals surface area contributed by atoms with E-state index in [0.717, 1.165) is 24.6 Å². The van der Waals surface area contributed by atoms with E-state index in [1.165, 1.54) is 0 Å². The molecule has 0 aromatic carbocycles. The highest BCUT2D eigenvalue weighted by Gasteiger charge is 2.01. The van der Waals surface area contributed by atoms with Gasteiger partial charge in [0.25, 0.3) is 0 Å². The molecule has 2 rings (SSSR count). The van der Waals surface area contributed by atoms with Crippen LogP contribution in [0.1, 0.15) is 13.3 Å². The standard InChI is InChI=1S/C11H14N4/c1-2-7-15-8-6-13-11(15)14-10-4-3-5-12-9-10/h3-6,8-9H,2,7H2,1H3,(H,13,14). The first kappa shape index (κ1) is 9.71. The average molecular weight is 202 g/mol. The van der Waals surface area contributed by atoms with Crippen LogP contribution < -0.4 is 5.32 Å². The van der Waals surface area contributed by atoms with Gasteiger partial charge in [-0.15, -0.1) is 0 Å². The maximum absolute atomic E-state index is 4.25. The number of nitrogens with zero attached hydrogens (tertiary/aromatic N) is 3. The van der Waals surface area contributed by atoms with Crippen LogP contribution in [0, 0.1) is 0 Å². The molecule has 2 heterocycles. The Hall–Kier alpha value is -1.84. The first-order valence-corrected chi connectivity index (χ1v) is 5.08. The van der Waals surface area contributed by atoms with Crippen LogP contribution in [0.25, 0.3) is 0 Å². The Labute approximate surface area is 89.0 Å². The normalized spacial score (nSPS) is 10.2. The summed E-state index contributed by atoms with van der Waals surface area (Å²) in [4.78, 5) is 8.30. The molecule has 0 saturated heterocycles. The monoisotopic (exact) mass is 202 g/mol. The fourth-order valence-corrected chi connectivity index (χ4v) is 1.42. The zero-order valence-electron chi connectivity index (χ0n) is 8.72. The number of aromatic nitrogens is 3. The maximum Gasteiger partial charge on any atom is 0.207 e. The Bertz CT molecular complexity index is 408. The third-order valence-electron chi connectivity index (χ3n) is 2.10. The van der Waals surface area contributed by atoms with Gasteiger partial charge in [-0.3, -0.25) is 4.98 Å². The molecule has 0 atom stereocenters. The molecule has 1 N–H and O–H groups in total. The molecule has 0 aliphatic rings. The van der Waals surface area contributed by atoms with Gasteiger partial charge in [0, 0.05) is 25.1 Å². The second kappa shape index (κ2) is 4.59. The van der Waals surface area contributed by atoms with E-state index in [2.05, 4.69) is 26.8 Å². The van der Waals surface area contributed by atoms with E-state index in [0.29, 0.717) is 0 Å². The van der Waals surface area contributed by atoms with Crippen molar-refractivity contribution in [2.24, 2.45) is 0 Å². The Morgan fingerprint density at radius 3 is 3.07 bits per heavy atom. The number of nitrogens with one attached hydrogen (secondary N) is 1. The van der Waals surface area contributed by atoms with E-state index >= 15 is 0 Å². The van der Waals surface area contributed by atoms with E-state index in [1.54, 1.807) is 18.6 Å².